The summed E-state index contributed by atoms with van der Waals surface area (Å²) < 4.78 is 5.37. The molecular weight excluding hydrogens is 376 g/mol. The van der Waals surface area contributed by atoms with Crippen LogP contribution in [-0.2, 0) is 27.2 Å². The molecule has 0 radical (unpaired) electrons. The highest BCUT2D eigenvalue weighted by atomic mass is 32.1. The van der Waals surface area contributed by atoms with Crippen molar-refractivity contribution >= 4 is 40.5 Å². The summed E-state index contributed by atoms with van der Waals surface area (Å²) in [7, 11) is 0. The molecule has 1 aliphatic heterocycles. The fourth-order valence-corrected chi connectivity index (χ4v) is 5.02. The number of hydrogen-bond donors (Lipinski definition) is 1. The zero-order chi connectivity index (χ0) is 19.7. The Morgan fingerprint density at radius 3 is 2.89 bits per heavy atom. The molecule has 146 valence electrons. The van der Waals surface area contributed by atoms with E-state index >= 15 is 0 Å². The van der Waals surface area contributed by atoms with Gasteiger partial charge in [0.1, 0.15) is 0 Å². The van der Waals surface area contributed by atoms with Gasteiger partial charge in [0, 0.05) is 22.7 Å². The molecule has 0 saturated carbocycles. The molecule has 1 atom stereocenters. The standard InChI is InChI=1S/C21H22N2O4S/c1-13-10-19(24)22-16-7-3-4-8-17(16)23(13)20(25)11-27-21(26)15-12-28-18-9-5-2-6-14(15)18/h3-4,7-8,12-13H,2,5-6,9-11H2,1H3,(H,22,24)/t13-/m0/s1. The predicted molar refractivity (Wildman–Crippen MR) is 108 cm³/mol. The number of para-hydroxylation sites is 2. The largest absolute Gasteiger partial charge is 0.452 e. The first-order valence-electron chi connectivity index (χ1n) is 9.52. The minimum atomic E-state index is -0.447. The summed E-state index contributed by atoms with van der Waals surface area (Å²) in [4.78, 5) is 40.3. The lowest BCUT2D eigenvalue weighted by atomic mass is 9.96. The molecule has 1 aliphatic carbocycles. The number of rotatable bonds is 3. The molecule has 2 amide bonds. The Kier molecular flexibility index (Phi) is 5.17. The van der Waals surface area contributed by atoms with Crippen LogP contribution in [0.2, 0.25) is 0 Å². The molecule has 0 bridgehead atoms. The van der Waals surface area contributed by atoms with Gasteiger partial charge in [-0.3, -0.25) is 9.59 Å². The molecule has 2 aromatic rings. The summed E-state index contributed by atoms with van der Waals surface area (Å²) in [5.41, 5.74) is 2.88. The SMILES string of the molecule is C[C@H]1CC(=O)Nc2ccccc2N1C(=O)COC(=O)c1csc2c1CCCC2. The molecule has 1 aromatic heterocycles. The van der Waals surface area contributed by atoms with E-state index in [1.54, 1.807) is 34.4 Å². The number of fused-ring (bicyclic) bond motifs is 2. The molecule has 2 aliphatic rings. The van der Waals surface area contributed by atoms with Crippen molar-refractivity contribution in [2.75, 3.05) is 16.8 Å². The van der Waals surface area contributed by atoms with Crippen molar-refractivity contribution in [3.8, 4) is 0 Å². The number of carbonyl (C=O) groups is 3. The molecule has 0 saturated heterocycles. The second kappa shape index (κ2) is 7.75. The molecule has 6 nitrogen and oxygen atoms in total. The molecule has 0 unspecified atom stereocenters. The van der Waals surface area contributed by atoms with Crippen molar-refractivity contribution < 1.29 is 19.1 Å². The van der Waals surface area contributed by atoms with Crippen LogP contribution in [0.5, 0.6) is 0 Å². The van der Waals surface area contributed by atoms with Gasteiger partial charge in [0.05, 0.1) is 16.9 Å². The van der Waals surface area contributed by atoms with E-state index in [2.05, 4.69) is 5.32 Å². The minimum absolute atomic E-state index is 0.142. The molecule has 0 fully saturated rings. The van der Waals surface area contributed by atoms with Crippen molar-refractivity contribution in [3.63, 3.8) is 0 Å². The van der Waals surface area contributed by atoms with Gasteiger partial charge in [0.2, 0.25) is 5.91 Å². The third-order valence-electron chi connectivity index (χ3n) is 5.24. The highest BCUT2D eigenvalue weighted by molar-refractivity contribution is 7.10. The summed E-state index contributed by atoms with van der Waals surface area (Å²) in [5.74, 6) is -0.927. The van der Waals surface area contributed by atoms with Crippen LogP contribution in [0.3, 0.4) is 0 Å². The average Bonchev–Trinajstić information content (AvgIpc) is 3.06. The quantitative estimate of drug-likeness (QED) is 0.803. The lowest BCUT2D eigenvalue weighted by Crippen LogP contribution is -2.41. The van der Waals surface area contributed by atoms with Gasteiger partial charge in [0.25, 0.3) is 5.91 Å². The maximum Gasteiger partial charge on any atom is 0.339 e. The number of aryl methyl sites for hydroxylation is 1. The molecule has 4 rings (SSSR count). The third kappa shape index (κ3) is 3.54. The van der Waals surface area contributed by atoms with Gasteiger partial charge in [-0.1, -0.05) is 12.1 Å². The maximum absolute atomic E-state index is 12.9. The van der Waals surface area contributed by atoms with Gasteiger partial charge in [-0.2, -0.15) is 0 Å². The van der Waals surface area contributed by atoms with Gasteiger partial charge in [-0.05, 0) is 50.3 Å². The molecule has 1 aromatic carbocycles. The number of anilines is 2. The van der Waals surface area contributed by atoms with Gasteiger partial charge < -0.3 is 15.0 Å². The number of ether oxygens (including phenoxy) is 1. The number of esters is 1. The number of thiophene rings is 1. The highest BCUT2D eigenvalue weighted by Crippen LogP contribution is 2.32. The van der Waals surface area contributed by atoms with Crippen molar-refractivity contribution in [1.29, 1.82) is 0 Å². The smallest absolute Gasteiger partial charge is 0.339 e. The Morgan fingerprint density at radius 1 is 1.25 bits per heavy atom. The Hall–Kier alpha value is -2.67. The molecular formula is C21H22N2O4S. The molecule has 28 heavy (non-hydrogen) atoms. The highest BCUT2D eigenvalue weighted by Gasteiger charge is 2.30. The molecule has 2 heterocycles. The van der Waals surface area contributed by atoms with E-state index in [0.717, 1.165) is 31.2 Å². The van der Waals surface area contributed by atoms with Crippen LogP contribution in [0.4, 0.5) is 11.4 Å². The van der Waals surface area contributed by atoms with Crippen molar-refractivity contribution in [1.82, 2.24) is 0 Å². The van der Waals surface area contributed by atoms with Crippen molar-refractivity contribution in [2.45, 2.75) is 45.1 Å². The van der Waals surface area contributed by atoms with Crippen LogP contribution >= 0.6 is 11.3 Å². The first-order chi connectivity index (χ1) is 13.5. The fraction of sp³-hybridized carbons (Fsp3) is 0.381. The molecule has 0 spiro atoms. The summed E-state index contributed by atoms with van der Waals surface area (Å²) >= 11 is 1.59. The van der Waals surface area contributed by atoms with E-state index in [9.17, 15) is 14.4 Å². The normalized spacial score (nSPS) is 18.5. The van der Waals surface area contributed by atoms with E-state index in [4.69, 9.17) is 4.74 Å². The van der Waals surface area contributed by atoms with E-state index in [1.165, 1.54) is 4.88 Å². The maximum atomic E-state index is 12.9. The van der Waals surface area contributed by atoms with Crippen LogP contribution in [0.1, 0.15) is 47.0 Å². The molecule has 7 heteroatoms. The first kappa shape index (κ1) is 18.7. The van der Waals surface area contributed by atoms with Gasteiger partial charge in [0.15, 0.2) is 6.61 Å². The van der Waals surface area contributed by atoms with Crippen LogP contribution in [-0.4, -0.2) is 30.4 Å². The molecule has 1 N–H and O–H groups in total. The third-order valence-corrected chi connectivity index (χ3v) is 6.32. The van der Waals surface area contributed by atoms with Gasteiger partial charge in [-0.15, -0.1) is 11.3 Å². The first-order valence-corrected chi connectivity index (χ1v) is 10.4. The lowest BCUT2D eigenvalue weighted by Gasteiger charge is -2.27. The monoisotopic (exact) mass is 398 g/mol. The summed E-state index contributed by atoms with van der Waals surface area (Å²) in [6, 6.07) is 6.83. The zero-order valence-corrected chi connectivity index (χ0v) is 16.5. The number of nitrogens with zero attached hydrogens (tertiary/aromatic N) is 1. The van der Waals surface area contributed by atoms with Crippen molar-refractivity contribution in [3.05, 3.63) is 45.6 Å². The minimum Gasteiger partial charge on any atom is -0.452 e. The summed E-state index contributed by atoms with van der Waals surface area (Å²) in [5, 5.41) is 4.66. The van der Waals surface area contributed by atoms with Gasteiger partial charge in [-0.25, -0.2) is 4.79 Å². The van der Waals surface area contributed by atoms with Crippen molar-refractivity contribution in [2.24, 2.45) is 0 Å². The van der Waals surface area contributed by atoms with Crippen LogP contribution in [0.25, 0.3) is 0 Å². The second-order valence-corrected chi connectivity index (χ2v) is 8.18. The van der Waals surface area contributed by atoms with Crippen LogP contribution in [0.15, 0.2) is 29.6 Å². The summed E-state index contributed by atoms with van der Waals surface area (Å²) in [6.07, 6.45) is 4.31. The number of nitrogens with one attached hydrogen (secondary N) is 1. The Morgan fingerprint density at radius 2 is 2.04 bits per heavy atom. The van der Waals surface area contributed by atoms with Gasteiger partial charge >= 0.3 is 5.97 Å². The lowest BCUT2D eigenvalue weighted by molar-refractivity contribution is -0.122. The van der Waals surface area contributed by atoms with E-state index < -0.39 is 5.97 Å². The Bertz CT molecular complexity index is 936. The Balaban J connectivity index is 1.49. The topological polar surface area (TPSA) is 75.7 Å². The predicted octanol–water partition coefficient (Wildman–Crippen LogP) is 3.55. The Labute approximate surface area is 167 Å². The number of carbonyl (C=O) groups excluding carboxylic acids is 3. The number of hydrogen-bond acceptors (Lipinski definition) is 5. The summed E-state index contributed by atoms with van der Waals surface area (Å²) in [6.45, 7) is 1.47. The fourth-order valence-electron chi connectivity index (χ4n) is 3.91. The second-order valence-electron chi connectivity index (χ2n) is 7.22. The van der Waals surface area contributed by atoms with E-state index in [0.29, 0.717) is 16.9 Å². The zero-order valence-electron chi connectivity index (χ0n) is 15.7. The number of amides is 2. The number of benzene rings is 1. The van der Waals surface area contributed by atoms with Crippen LogP contribution < -0.4 is 10.2 Å². The van der Waals surface area contributed by atoms with Crippen LogP contribution in [0, 0.1) is 0 Å². The van der Waals surface area contributed by atoms with E-state index in [1.807, 2.05) is 18.4 Å². The average molecular weight is 398 g/mol. The van der Waals surface area contributed by atoms with E-state index in [-0.39, 0.29) is 30.9 Å².